The van der Waals surface area contributed by atoms with Crippen LogP contribution in [0.4, 0.5) is 4.39 Å². The number of carbonyl (C=O) groups excluding carboxylic acids is 1. The van der Waals surface area contributed by atoms with Crippen LogP contribution in [0.3, 0.4) is 0 Å². The van der Waals surface area contributed by atoms with Gasteiger partial charge < -0.3 is 10.4 Å². The largest absolute Gasteiger partial charge is 0.386 e. The summed E-state index contributed by atoms with van der Waals surface area (Å²) in [5.41, 5.74) is 1.42. The van der Waals surface area contributed by atoms with E-state index in [-0.39, 0.29) is 18.3 Å². The number of nitrogens with zero attached hydrogens (tertiary/aromatic N) is 2. The number of benzene rings is 2. The molecule has 3 rings (SSSR count). The Kier molecular flexibility index (Phi) is 4.57. The highest BCUT2D eigenvalue weighted by Gasteiger charge is 2.19. The molecule has 1 amide bonds. The van der Waals surface area contributed by atoms with E-state index in [2.05, 4.69) is 10.4 Å². The molecule has 0 aliphatic rings. The van der Waals surface area contributed by atoms with E-state index in [0.29, 0.717) is 5.56 Å². The zero-order chi connectivity index (χ0) is 17.1. The Balaban J connectivity index is 1.64. The van der Waals surface area contributed by atoms with Crippen molar-refractivity contribution in [2.75, 3.05) is 0 Å². The van der Waals surface area contributed by atoms with Crippen molar-refractivity contribution in [3.8, 4) is 0 Å². The first kappa shape index (κ1) is 16.1. The van der Waals surface area contributed by atoms with Gasteiger partial charge in [0.1, 0.15) is 12.4 Å². The topological polar surface area (TPSA) is 67.2 Å². The third kappa shape index (κ3) is 3.44. The normalized spacial score (nSPS) is 13.6. The van der Waals surface area contributed by atoms with Crippen LogP contribution in [0.15, 0.2) is 54.7 Å². The van der Waals surface area contributed by atoms with Gasteiger partial charge in [0.2, 0.25) is 5.91 Å². The van der Waals surface area contributed by atoms with Crippen LogP contribution in [0, 0.1) is 5.82 Å². The molecule has 24 heavy (non-hydrogen) atoms. The summed E-state index contributed by atoms with van der Waals surface area (Å²) in [6.07, 6.45) is 0.795. The van der Waals surface area contributed by atoms with Crippen LogP contribution in [-0.2, 0) is 11.3 Å². The van der Waals surface area contributed by atoms with Crippen LogP contribution in [0.25, 0.3) is 10.9 Å². The van der Waals surface area contributed by atoms with E-state index in [9.17, 15) is 14.3 Å². The van der Waals surface area contributed by atoms with E-state index in [1.54, 1.807) is 17.8 Å². The zero-order valence-electron chi connectivity index (χ0n) is 13.2. The lowest BCUT2D eigenvalue weighted by Gasteiger charge is -2.20. The van der Waals surface area contributed by atoms with Crippen molar-refractivity contribution in [3.05, 3.63) is 66.1 Å². The highest BCUT2D eigenvalue weighted by Crippen LogP contribution is 2.17. The minimum atomic E-state index is -0.913. The molecule has 2 atom stereocenters. The number of hydrogen-bond donors (Lipinski definition) is 2. The lowest BCUT2D eigenvalue weighted by Crippen LogP contribution is -2.39. The van der Waals surface area contributed by atoms with Gasteiger partial charge in [-0.15, -0.1) is 0 Å². The van der Waals surface area contributed by atoms with Crippen molar-refractivity contribution < 1.29 is 14.3 Å². The van der Waals surface area contributed by atoms with E-state index in [1.807, 2.05) is 24.3 Å². The Labute approximate surface area is 138 Å². The lowest BCUT2D eigenvalue weighted by atomic mass is 10.0. The molecule has 2 N–H and O–H groups in total. The van der Waals surface area contributed by atoms with Crippen molar-refractivity contribution in [1.29, 1.82) is 0 Å². The highest BCUT2D eigenvalue weighted by molar-refractivity contribution is 5.82. The molecule has 0 aliphatic carbocycles. The number of aromatic nitrogens is 2. The molecule has 0 radical (unpaired) electrons. The van der Waals surface area contributed by atoms with Gasteiger partial charge in [-0.1, -0.05) is 30.3 Å². The Morgan fingerprint density at radius 2 is 1.96 bits per heavy atom. The molecule has 124 valence electrons. The first-order chi connectivity index (χ1) is 11.5. The molecule has 0 spiro atoms. The summed E-state index contributed by atoms with van der Waals surface area (Å²) in [4.78, 5) is 12.2. The fourth-order valence-corrected chi connectivity index (χ4v) is 2.62. The first-order valence-corrected chi connectivity index (χ1v) is 7.68. The maximum atomic E-state index is 12.9. The summed E-state index contributed by atoms with van der Waals surface area (Å²) in [6.45, 7) is 1.76. The van der Waals surface area contributed by atoms with Crippen LogP contribution in [-0.4, -0.2) is 26.8 Å². The summed E-state index contributed by atoms with van der Waals surface area (Å²) < 4.78 is 14.6. The molecule has 0 saturated heterocycles. The van der Waals surface area contributed by atoms with Crippen LogP contribution < -0.4 is 5.32 Å². The maximum Gasteiger partial charge on any atom is 0.242 e. The van der Waals surface area contributed by atoms with Gasteiger partial charge in [0, 0.05) is 5.39 Å². The molecule has 5 nitrogen and oxygen atoms in total. The number of aliphatic hydroxyl groups excluding tert-OH is 1. The molecule has 2 unspecified atom stereocenters. The summed E-state index contributed by atoms with van der Waals surface area (Å²) in [6, 6.07) is 12.7. The SMILES string of the molecule is CC(NC(=O)Cn1ncc2ccccc21)C(O)c1ccc(F)cc1. The van der Waals surface area contributed by atoms with Gasteiger partial charge in [0.15, 0.2) is 0 Å². The maximum absolute atomic E-state index is 12.9. The molecule has 0 fully saturated rings. The predicted molar refractivity (Wildman–Crippen MR) is 88.7 cm³/mol. The fourth-order valence-electron chi connectivity index (χ4n) is 2.62. The Morgan fingerprint density at radius 1 is 1.25 bits per heavy atom. The standard InChI is InChI=1S/C18H18FN3O2/c1-12(18(24)13-6-8-15(19)9-7-13)21-17(23)11-22-16-5-3-2-4-14(16)10-20-22/h2-10,12,18,24H,11H2,1H3,(H,21,23). The van der Waals surface area contributed by atoms with Gasteiger partial charge in [-0.05, 0) is 30.7 Å². The van der Waals surface area contributed by atoms with Crippen molar-refractivity contribution in [1.82, 2.24) is 15.1 Å². The molecule has 1 aromatic heterocycles. The second kappa shape index (κ2) is 6.80. The van der Waals surface area contributed by atoms with Crippen molar-refractivity contribution >= 4 is 16.8 Å². The van der Waals surface area contributed by atoms with Gasteiger partial charge in [-0.25, -0.2) is 4.39 Å². The molecule has 6 heteroatoms. The molecule has 3 aromatic rings. The van der Waals surface area contributed by atoms with Gasteiger partial charge in [0.25, 0.3) is 0 Å². The summed E-state index contributed by atoms with van der Waals surface area (Å²) in [5.74, 6) is -0.620. The third-order valence-electron chi connectivity index (χ3n) is 3.92. The highest BCUT2D eigenvalue weighted by atomic mass is 19.1. The summed E-state index contributed by atoms with van der Waals surface area (Å²) in [5, 5.41) is 18.2. The van der Waals surface area contributed by atoms with Gasteiger partial charge in [-0.3, -0.25) is 9.48 Å². The lowest BCUT2D eigenvalue weighted by molar-refractivity contribution is -0.123. The second-order valence-electron chi connectivity index (χ2n) is 5.71. The number of halogens is 1. The van der Waals surface area contributed by atoms with Crippen LogP contribution in [0.5, 0.6) is 0 Å². The number of nitrogens with one attached hydrogen (secondary N) is 1. The van der Waals surface area contributed by atoms with E-state index in [0.717, 1.165) is 10.9 Å². The number of para-hydroxylation sites is 1. The predicted octanol–water partition coefficient (Wildman–Crippen LogP) is 2.41. The smallest absolute Gasteiger partial charge is 0.242 e. The number of rotatable bonds is 5. The molecule has 1 heterocycles. The third-order valence-corrected chi connectivity index (χ3v) is 3.92. The van der Waals surface area contributed by atoms with Crippen molar-refractivity contribution in [2.45, 2.75) is 25.6 Å². The molecule has 2 aromatic carbocycles. The van der Waals surface area contributed by atoms with Gasteiger partial charge in [0.05, 0.1) is 23.9 Å². The van der Waals surface area contributed by atoms with Crippen LogP contribution in [0.2, 0.25) is 0 Å². The minimum absolute atomic E-state index is 0.0635. The average Bonchev–Trinajstić information content (AvgIpc) is 2.98. The molecule has 0 aliphatic heterocycles. The van der Waals surface area contributed by atoms with Crippen molar-refractivity contribution in [2.24, 2.45) is 0 Å². The van der Waals surface area contributed by atoms with Gasteiger partial charge in [-0.2, -0.15) is 5.10 Å². The van der Waals surface area contributed by atoms with E-state index in [1.165, 1.54) is 24.3 Å². The number of amides is 1. The van der Waals surface area contributed by atoms with Crippen molar-refractivity contribution in [3.63, 3.8) is 0 Å². The Hall–Kier alpha value is -2.73. The first-order valence-electron chi connectivity index (χ1n) is 7.68. The average molecular weight is 327 g/mol. The Bertz CT molecular complexity index is 845. The number of fused-ring (bicyclic) bond motifs is 1. The van der Waals surface area contributed by atoms with Gasteiger partial charge >= 0.3 is 0 Å². The number of aliphatic hydroxyl groups is 1. The second-order valence-corrected chi connectivity index (χ2v) is 5.71. The monoisotopic (exact) mass is 327 g/mol. The van der Waals surface area contributed by atoms with Crippen LogP contribution in [0.1, 0.15) is 18.6 Å². The minimum Gasteiger partial charge on any atom is -0.386 e. The molecular formula is C18H18FN3O2. The molecule has 0 bridgehead atoms. The van der Waals surface area contributed by atoms with E-state index >= 15 is 0 Å². The molecule has 0 saturated carbocycles. The zero-order valence-corrected chi connectivity index (χ0v) is 13.2. The molecular weight excluding hydrogens is 309 g/mol. The quantitative estimate of drug-likeness (QED) is 0.756. The summed E-state index contributed by atoms with van der Waals surface area (Å²) in [7, 11) is 0. The fraction of sp³-hybridized carbons (Fsp3) is 0.222. The van der Waals surface area contributed by atoms with E-state index in [4.69, 9.17) is 0 Å². The number of hydrogen-bond acceptors (Lipinski definition) is 3. The van der Waals surface area contributed by atoms with Crippen LogP contribution >= 0.6 is 0 Å². The van der Waals surface area contributed by atoms with E-state index < -0.39 is 12.1 Å². The Morgan fingerprint density at radius 3 is 2.71 bits per heavy atom. The number of carbonyl (C=O) groups is 1. The summed E-state index contributed by atoms with van der Waals surface area (Å²) >= 11 is 0.